The van der Waals surface area contributed by atoms with Crippen molar-refractivity contribution in [3.05, 3.63) is 40.7 Å². The number of imidazole rings is 1. The lowest BCUT2D eigenvalue weighted by Gasteiger charge is -2.49. The quantitative estimate of drug-likeness (QED) is 0.113. The van der Waals surface area contributed by atoms with Crippen LogP contribution < -0.4 is 15.6 Å². The van der Waals surface area contributed by atoms with E-state index < -0.39 is 29.2 Å². The summed E-state index contributed by atoms with van der Waals surface area (Å²) in [4.78, 5) is 49.3. The predicted octanol–water partition coefficient (Wildman–Crippen LogP) is -0.606. The molecule has 3 aromatic rings. The van der Waals surface area contributed by atoms with Gasteiger partial charge in [-0.15, -0.1) is 11.8 Å². The van der Waals surface area contributed by atoms with Gasteiger partial charge in [-0.3, -0.25) is 14.5 Å². The van der Waals surface area contributed by atoms with Crippen molar-refractivity contribution in [2.24, 2.45) is 5.16 Å². The summed E-state index contributed by atoms with van der Waals surface area (Å²) in [6.07, 6.45) is 3.66. The summed E-state index contributed by atoms with van der Waals surface area (Å²) in [7, 11) is 0. The van der Waals surface area contributed by atoms with Gasteiger partial charge in [0.15, 0.2) is 5.13 Å². The Morgan fingerprint density at radius 3 is 2.92 bits per heavy atom. The van der Waals surface area contributed by atoms with Crippen LogP contribution in [0.25, 0.3) is 4.83 Å². The summed E-state index contributed by atoms with van der Waals surface area (Å²) in [5.41, 5.74) is 5.77. The molecule has 5 heterocycles. The normalized spacial score (nSPS) is 19.7. The number of carboxylic acids is 1. The number of thiazole rings is 1. The smallest absolute Gasteiger partial charge is 0.352 e. The minimum absolute atomic E-state index is 0.0361. The highest BCUT2D eigenvalue weighted by molar-refractivity contribution is 8.00. The van der Waals surface area contributed by atoms with Crippen LogP contribution in [0.1, 0.15) is 18.6 Å². The molecule has 0 bridgehead atoms. The second kappa shape index (κ2) is 10.1. The fourth-order valence-electron chi connectivity index (χ4n) is 4.11. The zero-order valence-electron chi connectivity index (χ0n) is 19.2. The summed E-state index contributed by atoms with van der Waals surface area (Å²) in [5.74, 6) is -1.68. The third kappa shape index (κ3) is 4.43. The molecule has 0 radical (unpaired) electrons. The van der Waals surface area contributed by atoms with E-state index in [0.29, 0.717) is 17.2 Å². The first-order valence-corrected chi connectivity index (χ1v) is 13.6. The number of amides is 2. The molecule has 2 atom stereocenters. The number of thioether (sulfide) groups is 1. The number of fused-ring (bicyclic) bond motifs is 2. The van der Waals surface area contributed by atoms with Crippen LogP contribution >= 0.6 is 34.6 Å². The molecule has 17 heteroatoms. The molecule has 0 saturated carbocycles. The second-order valence-electron chi connectivity index (χ2n) is 7.87. The van der Waals surface area contributed by atoms with Crippen LogP contribution in [0.4, 0.5) is 5.13 Å². The molecule has 5 rings (SSSR count). The van der Waals surface area contributed by atoms with Gasteiger partial charge >= 0.3 is 5.97 Å². The van der Waals surface area contributed by atoms with Gasteiger partial charge in [-0.25, -0.2) is 9.36 Å². The number of nitrogens with zero attached hydrogens (tertiary/aromatic N) is 6. The molecule has 3 aromatic heterocycles. The molecule has 1 fully saturated rings. The molecule has 0 aromatic carbocycles. The van der Waals surface area contributed by atoms with Crippen molar-refractivity contribution < 1.29 is 34.0 Å². The van der Waals surface area contributed by atoms with Gasteiger partial charge in [-0.2, -0.15) is 13.8 Å². The van der Waals surface area contributed by atoms with E-state index in [1.54, 1.807) is 11.5 Å². The van der Waals surface area contributed by atoms with Crippen LogP contribution in [0.15, 0.2) is 34.2 Å². The number of anilines is 1. The highest BCUT2D eigenvalue weighted by atomic mass is 32.2. The Hall–Kier alpha value is -3.54. The number of aliphatic carboxylic acids is 1. The first-order valence-electron chi connectivity index (χ1n) is 10.9. The van der Waals surface area contributed by atoms with E-state index >= 15 is 0 Å². The van der Waals surface area contributed by atoms with Gasteiger partial charge in [-0.1, -0.05) is 16.5 Å². The van der Waals surface area contributed by atoms with Gasteiger partial charge in [0.05, 0.1) is 0 Å². The van der Waals surface area contributed by atoms with Gasteiger partial charge < -0.3 is 26.1 Å². The van der Waals surface area contributed by atoms with Gasteiger partial charge in [0, 0.05) is 28.2 Å². The van der Waals surface area contributed by atoms with E-state index in [0.717, 1.165) is 16.4 Å². The number of nitrogens with two attached hydrogens (primary N) is 1. The van der Waals surface area contributed by atoms with Gasteiger partial charge in [-0.05, 0) is 6.92 Å². The average Bonchev–Trinajstić information content (AvgIpc) is 3.58. The summed E-state index contributed by atoms with van der Waals surface area (Å²) in [6, 6.07) is -0.975. The first kappa shape index (κ1) is 25.1. The molecule has 194 valence electrons. The van der Waals surface area contributed by atoms with Crippen LogP contribution in [-0.4, -0.2) is 76.1 Å². The van der Waals surface area contributed by atoms with Crippen molar-refractivity contribution in [2.45, 2.75) is 31.5 Å². The third-order valence-corrected chi connectivity index (χ3v) is 8.39. The topological polar surface area (TPSA) is 189 Å². The SMILES string of the molecule is CCO/N=C(\C(=O)N[C@@H]1C(=O)N2C(C(=O)O)=C(C[n+]3cc4sccn4c3CO)CS[C@H]12)c1nsc(N)n1. The largest absolute Gasteiger partial charge is 0.477 e. The standard InChI is InChI=1S/C20H20N8O6S3/c1-2-34-24-12(15-23-20(21)37-25-15)16(30)22-13-17(31)28-14(19(32)33)9(8-36-18(13)28)5-26-6-11-27(3-4-35-11)10(26)7-29/h3-4,6,13,18,29H,2,5,7-8H2,1H3,(H3-,21,22,23,25,30,32,33)/p+1/b24-12-/t13-,18-/m1/s1. The van der Waals surface area contributed by atoms with Crippen molar-refractivity contribution in [2.75, 3.05) is 18.1 Å². The number of nitrogen functional groups attached to an aromatic ring is 1. The lowest BCUT2D eigenvalue weighted by atomic mass is 10.0. The number of carbonyl (C=O) groups is 3. The van der Waals surface area contributed by atoms with E-state index in [1.165, 1.54) is 28.0 Å². The fourth-order valence-corrected chi connectivity index (χ4v) is 6.67. The van der Waals surface area contributed by atoms with Crippen molar-refractivity contribution in [1.29, 1.82) is 0 Å². The summed E-state index contributed by atoms with van der Waals surface area (Å²) >= 11 is 3.70. The summed E-state index contributed by atoms with van der Waals surface area (Å²) in [6.45, 7) is 1.83. The molecule has 2 amide bonds. The Labute approximate surface area is 221 Å². The lowest BCUT2D eigenvalue weighted by molar-refractivity contribution is -0.696. The number of β-lactam (4-membered cyclic amide) rings is 1. The number of aliphatic hydroxyl groups excluding tert-OH is 1. The molecule has 1 saturated heterocycles. The Balaban J connectivity index is 1.37. The number of carbonyl (C=O) groups excluding carboxylic acids is 2. The lowest BCUT2D eigenvalue weighted by Crippen LogP contribution is -2.71. The molecule has 14 nitrogen and oxygen atoms in total. The fraction of sp³-hybridized carbons (Fsp3) is 0.350. The number of oxime groups is 1. The highest BCUT2D eigenvalue weighted by Gasteiger charge is 2.54. The number of aromatic nitrogens is 4. The van der Waals surface area contributed by atoms with E-state index in [4.69, 9.17) is 10.6 Å². The Morgan fingerprint density at radius 1 is 1.43 bits per heavy atom. The minimum atomic E-state index is -1.24. The van der Waals surface area contributed by atoms with Crippen molar-refractivity contribution >= 4 is 68.1 Å². The monoisotopic (exact) mass is 565 g/mol. The molecule has 0 unspecified atom stereocenters. The van der Waals surface area contributed by atoms with E-state index in [2.05, 4.69) is 19.8 Å². The summed E-state index contributed by atoms with van der Waals surface area (Å²) < 4.78 is 7.59. The number of hydrogen-bond donors (Lipinski definition) is 4. The number of aliphatic hydroxyl groups is 1. The maximum absolute atomic E-state index is 13.1. The summed E-state index contributed by atoms with van der Waals surface area (Å²) in [5, 5.41) is 27.6. The number of hydrogen-bond acceptors (Lipinski definition) is 12. The van der Waals surface area contributed by atoms with Gasteiger partial charge in [0.1, 0.15) is 49.3 Å². The average molecular weight is 566 g/mol. The van der Waals surface area contributed by atoms with Crippen molar-refractivity contribution in [1.82, 2.24) is 24.0 Å². The zero-order valence-corrected chi connectivity index (χ0v) is 21.7. The van der Waals surface area contributed by atoms with Crippen LogP contribution in [0.2, 0.25) is 0 Å². The maximum Gasteiger partial charge on any atom is 0.352 e. The molecule has 0 spiro atoms. The third-order valence-electron chi connectivity index (χ3n) is 5.70. The zero-order chi connectivity index (χ0) is 26.3. The van der Waals surface area contributed by atoms with Crippen molar-refractivity contribution in [3.8, 4) is 0 Å². The van der Waals surface area contributed by atoms with Crippen LogP contribution in [0.5, 0.6) is 0 Å². The number of carboxylic acid groups (broad SMARTS) is 1. The molecule has 2 aliphatic rings. The Morgan fingerprint density at radius 2 is 2.24 bits per heavy atom. The van der Waals surface area contributed by atoms with Crippen LogP contribution in [0.3, 0.4) is 0 Å². The number of nitrogens with one attached hydrogen (secondary N) is 1. The van der Waals surface area contributed by atoms with Crippen molar-refractivity contribution in [3.63, 3.8) is 0 Å². The van der Waals surface area contributed by atoms with E-state index in [9.17, 15) is 24.6 Å². The van der Waals surface area contributed by atoms with Crippen LogP contribution in [0, 0.1) is 0 Å². The molecule has 5 N–H and O–H groups in total. The molecule has 37 heavy (non-hydrogen) atoms. The van der Waals surface area contributed by atoms with Gasteiger partial charge in [0.2, 0.25) is 16.4 Å². The Kier molecular flexibility index (Phi) is 6.84. The highest BCUT2D eigenvalue weighted by Crippen LogP contribution is 2.40. The van der Waals surface area contributed by atoms with Gasteiger partial charge in [0.25, 0.3) is 17.6 Å². The van der Waals surface area contributed by atoms with E-state index in [1.807, 2.05) is 22.2 Å². The molecule has 2 aliphatic heterocycles. The maximum atomic E-state index is 13.1. The van der Waals surface area contributed by atoms with E-state index in [-0.39, 0.29) is 42.1 Å². The minimum Gasteiger partial charge on any atom is -0.477 e. The molecular weight excluding hydrogens is 544 g/mol. The number of rotatable bonds is 9. The molecule has 0 aliphatic carbocycles. The second-order valence-corrected chi connectivity index (χ2v) is 10.7. The van der Waals surface area contributed by atoms with Crippen LogP contribution in [-0.2, 0) is 32.4 Å². The Bertz CT molecular complexity index is 1460. The predicted molar refractivity (Wildman–Crippen MR) is 134 cm³/mol. The molecular formula is C20H21N8O6S3+. The first-order chi connectivity index (χ1) is 17.8.